The van der Waals surface area contributed by atoms with E-state index in [1.54, 1.807) is 30.3 Å². The Hall–Kier alpha value is -14.3. The normalized spacial score (nSPS) is 11.6. The van der Waals surface area contributed by atoms with E-state index in [1.165, 1.54) is 107 Å². The number of aryl methyl sites for hydroxylation is 1. The standard InChI is InChI=1S/C30H32N2O2.C24H19N2.C18H14N.C16H9F3N.C15H10N.C12H10N.2C5H8O2.3Ir.Pt/c1-29(2,3)19-15-23(21-11-7-9-13-27(21)33)31-25(17-19)26-18-20(30(4,5)6)16-24(32-26)22-12-8-10-14-28(22)34;1-3-10-20(11-4-1)26(21-12-5-2-6-13-21)22-15-16-25-18-19-9-7-8-14-23(19)24(25)17-22;1-18(2)14-8-4-3-7-13(14)17-16-12(10-11-19-17)6-5-9-15(16)18;17-16(18,19)13-8-5-12(6-9-13)15-10-7-11-3-1-2-4-14(11)20-15;1-2-7-13(8-3-1)15-14-9-5-4-6-12(14)10-11-16-15;1-10-7-8-12(13-9-10)11-5-3-2-4-6-11;2*1-4(6)3-5(2)7;;;;/h7-18,33-34H,1-6H3;1-17H,18H2;3-6,8-11H,1-2H3;1-5,7-10H;1-7,9-11H;2-5,7-9H,1H3;2*3,6H,1-2H3;;;;/q;+1;4*-1;;;;;;. The van der Waals surface area contributed by atoms with Crippen LogP contribution in [0, 0.1) is 31.2 Å². The summed E-state index contributed by atoms with van der Waals surface area (Å²) in [7, 11) is 0. The Morgan fingerprint density at radius 1 is 0.418 bits per heavy atom. The molecule has 146 heavy (non-hydrogen) atoms. The molecule has 0 saturated heterocycles. The average molecular weight is 2650 g/mol. The number of rotatable bonds is 11. The zero-order valence-electron chi connectivity index (χ0n) is 82.9. The zero-order valence-corrected chi connectivity index (χ0v) is 92.3. The molecule has 12 aromatic carbocycles. The van der Waals surface area contributed by atoms with Gasteiger partial charge in [0.25, 0.3) is 0 Å². The van der Waals surface area contributed by atoms with Crippen molar-refractivity contribution in [3.63, 3.8) is 0 Å². The van der Waals surface area contributed by atoms with E-state index in [9.17, 15) is 33.0 Å². The van der Waals surface area contributed by atoms with Crippen molar-refractivity contribution in [3.05, 3.63) is 470 Å². The molecular weight excluding hydrogens is 2540 g/mol. The van der Waals surface area contributed by atoms with Crippen molar-refractivity contribution in [1.82, 2.24) is 29.9 Å². The van der Waals surface area contributed by atoms with Gasteiger partial charge in [-0.05, 0) is 225 Å². The molecule has 21 heteroatoms. The van der Waals surface area contributed by atoms with Crippen LogP contribution in [0.15, 0.2) is 406 Å². The smallest absolute Gasteiger partial charge is 0.381 e. The fourth-order valence-electron chi connectivity index (χ4n) is 16.4. The van der Waals surface area contributed by atoms with Gasteiger partial charge in [0, 0.05) is 152 Å². The number of nitrogens with zero attached hydrogens (tertiary/aromatic N) is 8. The minimum Gasteiger partial charge on any atom is -0.512 e. The van der Waals surface area contributed by atoms with Gasteiger partial charge < -0.3 is 40.3 Å². The van der Waals surface area contributed by atoms with Crippen molar-refractivity contribution in [2.75, 3.05) is 4.90 Å². The number of pyridine rings is 7. The third-order valence-electron chi connectivity index (χ3n) is 23.5. The summed E-state index contributed by atoms with van der Waals surface area (Å²) in [6.45, 7) is 26.2. The van der Waals surface area contributed by atoms with Crippen LogP contribution in [0.25, 0.3) is 123 Å². The number of halogens is 3. The van der Waals surface area contributed by atoms with Gasteiger partial charge in [0.05, 0.1) is 51.1 Å². The quantitative estimate of drug-likeness (QED) is 0.0413. The Balaban J connectivity index is 0.000000177. The number of benzene rings is 12. The number of carbonyl (C=O) groups excluding carboxylic acids is 2. The molecule has 0 saturated carbocycles. The minimum absolute atomic E-state index is 0. The van der Waals surface area contributed by atoms with Crippen molar-refractivity contribution < 1.29 is 129 Å². The Bertz CT molecular complexity index is 7510. The molecule has 21 rings (SSSR count). The van der Waals surface area contributed by atoms with E-state index in [4.69, 9.17) is 20.2 Å². The molecule has 0 atom stereocenters. The number of carbonyl (C=O) groups is 2. The van der Waals surface area contributed by atoms with Crippen LogP contribution in [0.2, 0.25) is 0 Å². The van der Waals surface area contributed by atoms with Gasteiger partial charge in [0.1, 0.15) is 11.5 Å². The van der Waals surface area contributed by atoms with E-state index >= 15 is 0 Å². The molecule has 8 heterocycles. The maximum Gasteiger partial charge on any atom is 0.381 e. The maximum atomic E-state index is 12.5. The summed E-state index contributed by atoms with van der Waals surface area (Å²) in [6.07, 6.45) is 5.80. The minimum atomic E-state index is -4.34. The molecule has 3 radical (unpaired) electrons. The summed E-state index contributed by atoms with van der Waals surface area (Å²) in [5.74, 6) is 0.261. The Labute approximate surface area is 907 Å². The number of anilines is 3. The summed E-state index contributed by atoms with van der Waals surface area (Å²) < 4.78 is 39.8. The van der Waals surface area contributed by atoms with Gasteiger partial charge in [-0.15, -0.1) is 137 Å². The second-order valence-electron chi connectivity index (χ2n) is 36.8. The summed E-state index contributed by atoms with van der Waals surface area (Å²) in [5, 5.41) is 43.7. The summed E-state index contributed by atoms with van der Waals surface area (Å²) in [6, 6.07) is 129. The molecule has 0 amide bonds. The topological polar surface area (TPSA) is 200 Å². The molecule has 747 valence electrons. The van der Waals surface area contributed by atoms with Crippen LogP contribution < -0.4 is 9.47 Å². The predicted octanol–water partition coefficient (Wildman–Crippen LogP) is 30.6. The number of phenolic OH excluding ortho intramolecular Hbond substituents is 2. The SMILES string of the molecule is CC(=O)C=C(C)O.CC(=O)C=C(C)O.CC(C)(C)c1cc(-c2cc(C(C)(C)C)cc(-c3ccccc3O)n2)nc(-c2ccccc2O)c1.CC1(C)c2ccc[c-]c2-c2nccc3cccc1c23.Cc1ccc(-c2[c-]cccc2)nc1.FC(F)(F)c1c[c-]c(-c2ccc3ccccc3n2)cc1.[Ir].[Ir].[Ir].[Pt].[c-]1ccccc1-c1nccc2ccccc12.c1ccc(N(c2ccccc2)c2cc[n+]3c(c2)-c2ccccc2C3)cc1. The number of aromatic hydroxyl groups is 2. The van der Waals surface area contributed by atoms with Crippen molar-refractivity contribution in [3.8, 4) is 102 Å². The van der Waals surface area contributed by atoms with E-state index < -0.39 is 11.7 Å². The molecule has 19 aromatic rings. The zero-order chi connectivity index (χ0) is 101. The first-order valence-corrected chi connectivity index (χ1v) is 46.6. The Kier molecular flexibility index (Phi) is 40.5. The first-order valence-electron chi connectivity index (χ1n) is 46.6. The molecule has 1 aliphatic heterocycles. The van der Waals surface area contributed by atoms with Crippen molar-refractivity contribution in [1.29, 1.82) is 0 Å². The van der Waals surface area contributed by atoms with Gasteiger partial charge in [-0.3, -0.25) is 14.6 Å². The third-order valence-corrected chi connectivity index (χ3v) is 23.5. The number of fused-ring (bicyclic) bond motifs is 7. The van der Waals surface area contributed by atoms with Gasteiger partial charge >= 0.3 is 6.18 Å². The fraction of sp³-hybridized carbons (Fsp3) is 0.144. The van der Waals surface area contributed by atoms with Crippen molar-refractivity contribution >= 4 is 61.1 Å². The molecular formula is C125H110F3Ir3N8O6Pt-3. The fourth-order valence-corrected chi connectivity index (χ4v) is 16.4. The number of para-hydroxylation sites is 5. The monoisotopic (exact) mass is 2650 g/mol. The summed E-state index contributed by atoms with van der Waals surface area (Å²) >= 11 is 0. The van der Waals surface area contributed by atoms with Crippen molar-refractivity contribution in [2.45, 2.75) is 119 Å². The number of allylic oxidation sites excluding steroid dienone is 4. The van der Waals surface area contributed by atoms with Crippen LogP contribution in [-0.2, 0) is 120 Å². The maximum absolute atomic E-state index is 12.5. The number of aromatic nitrogens is 7. The van der Waals surface area contributed by atoms with E-state index in [2.05, 4.69) is 279 Å². The van der Waals surface area contributed by atoms with Gasteiger partial charge in [-0.25, -0.2) is 9.97 Å². The van der Waals surface area contributed by atoms with Gasteiger partial charge in [0.15, 0.2) is 24.3 Å². The molecule has 4 N–H and O–H groups in total. The average Bonchev–Trinajstić information content (AvgIpc) is 0.873. The molecule has 0 bridgehead atoms. The molecule has 2 aliphatic rings. The molecule has 0 fully saturated rings. The largest absolute Gasteiger partial charge is 0.512 e. The Morgan fingerprint density at radius 2 is 0.904 bits per heavy atom. The van der Waals surface area contributed by atoms with E-state index in [0.717, 1.165) is 97.2 Å². The number of phenols is 2. The number of alkyl halides is 3. The second kappa shape index (κ2) is 52.0. The van der Waals surface area contributed by atoms with Gasteiger partial charge in [-0.1, -0.05) is 219 Å². The number of hydrogen-bond donors (Lipinski definition) is 4. The first-order chi connectivity index (χ1) is 68.1. The third kappa shape index (κ3) is 29.5. The van der Waals surface area contributed by atoms with E-state index in [1.807, 2.05) is 171 Å². The van der Waals surface area contributed by atoms with Gasteiger partial charge in [0.2, 0.25) is 5.69 Å². The summed E-state index contributed by atoms with van der Waals surface area (Å²) in [5.41, 5.74) is 25.1. The van der Waals surface area contributed by atoms with Crippen molar-refractivity contribution in [2.24, 2.45) is 0 Å². The molecule has 0 spiro atoms. The molecule has 7 aromatic heterocycles. The van der Waals surface area contributed by atoms with Crippen LogP contribution >= 0.6 is 0 Å². The predicted molar refractivity (Wildman–Crippen MR) is 567 cm³/mol. The Morgan fingerprint density at radius 3 is 1.43 bits per heavy atom. The van der Waals surface area contributed by atoms with Crippen LogP contribution in [0.1, 0.15) is 122 Å². The van der Waals surface area contributed by atoms with Crippen LogP contribution in [0.4, 0.5) is 30.2 Å². The molecule has 14 nitrogen and oxygen atoms in total. The number of aliphatic hydroxyl groups excluding tert-OH is 2. The second-order valence-corrected chi connectivity index (χ2v) is 36.8. The summed E-state index contributed by atoms with van der Waals surface area (Å²) in [4.78, 5) is 50.0. The molecule has 1 aliphatic carbocycles. The van der Waals surface area contributed by atoms with Crippen LogP contribution in [0.5, 0.6) is 11.5 Å². The van der Waals surface area contributed by atoms with Crippen LogP contribution in [0.3, 0.4) is 0 Å². The van der Waals surface area contributed by atoms with E-state index in [-0.39, 0.29) is 132 Å². The molecule has 0 unspecified atom stereocenters. The number of hydrogen-bond acceptors (Lipinski definition) is 13. The number of ketones is 2. The van der Waals surface area contributed by atoms with E-state index in [0.29, 0.717) is 33.8 Å². The first kappa shape index (κ1) is 114. The van der Waals surface area contributed by atoms with Gasteiger partial charge in [-0.2, -0.15) is 17.7 Å². The number of aliphatic hydroxyl groups is 2. The van der Waals surface area contributed by atoms with Crippen LogP contribution in [-0.4, -0.2) is 61.9 Å².